The minimum atomic E-state index is -0.383. The van der Waals surface area contributed by atoms with Crippen molar-refractivity contribution < 1.29 is 9.59 Å². The highest BCUT2D eigenvalue weighted by Crippen LogP contribution is 2.09. The molecule has 2 rings (SSSR count). The fourth-order valence-electron chi connectivity index (χ4n) is 1.63. The summed E-state index contributed by atoms with van der Waals surface area (Å²) in [6, 6.07) is 17.4. The SMILES string of the molecule is C.O=C(CN(Cl)C(=O)c1ccccc1)c1ccccc1. The number of Topliss-reactive ketones (excluding diaryl/α,β-unsaturated/α-hetero) is 1. The molecule has 2 aromatic carbocycles. The summed E-state index contributed by atoms with van der Waals surface area (Å²) in [4.78, 5) is 23.9. The van der Waals surface area contributed by atoms with Crippen LogP contribution in [0.5, 0.6) is 0 Å². The van der Waals surface area contributed by atoms with Gasteiger partial charge < -0.3 is 0 Å². The molecule has 0 aromatic heterocycles. The Bertz CT molecular complexity index is 570. The molecule has 20 heavy (non-hydrogen) atoms. The molecule has 4 heteroatoms. The molecule has 0 aliphatic rings. The number of amides is 1. The number of rotatable bonds is 4. The number of hydrogen-bond acceptors (Lipinski definition) is 2. The van der Waals surface area contributed by atoms with Crippen molar-refractivity contribution in [1.29, 1.82) is 0 Å². The number of carbonyl (C=O) groups is 2. The first-order chi connectivity index (χ1) is 9.18. The van der Waals surface area contributed by atoms with Crippen molar-refractivity contribution in [2.24, 2.45) is 0 Å². The number of nitrogens with zero attached hydrogens (tertiary/aromatic N) is 1. The van der Waals surface area contributed by atoms with Crippen LogP contribution in [0.25, 0.3) is 0 Å². The van der Waals surface area contributed by atoms with E-state index in [0.717, 1.165) is 4.42 Å². The average molecular weight is 290 g/mol. The first-order valence-electron chi connectivity index (χ1n) is 5.79. The summed E-state index contributed by atoms with van der Waals surface area (Å²) in [5.41, 5.74) is 0.993. The van der Waals surface area contributed by atoms with Gasteiger partial charge in [0, 0.05) is 22.9 Å². The summed E-state index contributed by atoms with van der Waals surface area (Å²) < 4.78 is 0.907. The van der Waals surface area contributed by atoms with Gasteiger partial charge in [-0.15, -0.1) is 0 Å². The van der Waals surface area contributed by atoms with Gasteiger partial charge in [0.05, 0.1) is 0 Å². The van der Waals surface area contributed by atoms with Crippen molar-refractivity contribution >= 4 is 23.5 Å². The van der Waals surface area contributed by atoms with Crippen molar-refractivity contribution in [3.05, 3.63) is 71.8 Å². The topological polar surface area (TPSA) is 37.4 Å². The third-order valence-corrected chi connectivity index (χ3v) is 2.89. The maximum absolute atomic E-state index is 12.0. The quantitative estimate of drug-likeness (QED) is 0.634. The van der Waals surface area contributed by atoms with Crippen LogP contribution in [0.15, 0.2) is 60.7 Å². The number of halogens is 1. The van der Waals surface area contributed by atoms with E-state index in [-0.39, 0.29) is 25.7 Å². The zero-order valence-corrected chi connectivity index (χ0v) is 10.9. The van der Waals surface area contributed by atoms with Gasteiger partial charge in [0.2, 0.25) is 0 Å². The first kappa shape index (κ1) is 15.9. The van der Waals surface area contributed by atoms with E-state index in [9.17, 15) is 9.59 Å². The summed E-state index contributed by atoms with van der Waals surface area (Å²) in [5.74, 6) is -0.577. The van der Waals surface area contributed by atoms with Gasteiger partial charge in [0.15, 0.2) is 5.78 Å². The van der Waals surface area contributed by atoms with Gasteiger partial charge in [-0.3, -0.25) is 9.59 Å². The molecule has 1 amide bonds. The summed E-state index contributed by atoms with van der Waals surface area (Å²) in [6.07, 6.45) is 0. The van der Waals surface area contributed by atoms with E-state index >= 15 is 0 Å². The minimum absolute atomic E-state index is 0. The highest BCUT2D eigenvalue weighted by Gasteiger charge is 2.17. The van der Waals surface area contributed by atoms with Gasteiger partial charge in [0.1, 0.15) is 6.54 Å². The Morgan fingerprint density at radius 1 is 0.850 bits per heavy atom. The van der Waals surface area contributed by atoms with Crippen molar-refractivity contribution in [3.8, 4) is 0 Å². The third-order valence-electron chi connectivity index (χ3n) is 2.62. The number of carbonyl (C=O) groups excluding carboxylic acids is 2. The molecule has 0 heterocycles. The summed E-state index contributed by atoms with van der Waals surface area (Å²) >= 11 is 5.87. The van der Waals surface area contributed by atoms with Gasteiger partial charge in [-0.25, -0.2) is 4.42 Å². The molecule has 0 saturated heterocycles. The van der Waals surface area contributed by atoms with Gasteiger partial charge >= 0.3 is 0 Å². The molecule has 0 fully saturated rings. The lowest BCUT2D eigenvalue weighted by Crippen LogP contribution is -2.27. The predicted molar refractivity (Wildman–Crippen MR) is 80.8 cm³/mol. The van der Waals surface area contributed by atoms with Crippen LogP contribution in [-0.2, 0) is 0 Å². The fourth-order valence-corrected chi connectivity index (χ4v) is 1.84. The Kier molecular flexibility index (Phi) is 5.94. The number of hydrogen-bond donors (Lipinski definition) is 0. The normalized spacial score (nSPS) is 9.45. The van der Waals surface area contributed by atoms with Crippen LogP contribution >= 0.6 is 11.8 Å². The maximum Gasteiger partial charge on any atom is 0.268 e. The largest absolute Gasteiger partial charge is 0.292 e. The second-order valence-electron chi connectivity index (χ2n) is 3.98. The molecule has 0 bridgehead atoms. The lowest BCUT2D eigenvalue weighted by atomic mass is 10.1. The molecule has 0 aliphatic heterocycles. The highest BCUT2D eigenvalue weighted by molar-refractivity contribution is 6.25. The first-order valence-corrected chi connectivity index (χ1v) is 6.13. The zero-order chi connectivity index (χ0) is 13.7. The van der Waals surface area contributed by atoms with Crippen molar-refractivity contribution in [3.63, 3.8) is 0 Å². The molecule has 0 saturated carbocycles. The zero-order valence-electron chi connectivity index (χ0n) is 10.1. The lowest BCUT2D eigenvalue weighted by Gasteiger charge is -2.13. The van der Waals surface area contributed by atoms with E-state index < -0.39 is 0 Å². The predicted octanol–water partition coefficient (Wildman–Crippen LogP) is 3.80. The van der Waals surface area contributed by atoms with Gasteiger partial charge in [-0.1, -0.05) is 56.0 Å². The summed E-state index contributed by atoms with van der Waals surface area (Å²) in [6.45, 7) is -0.153. The lowest BCUT2D eigenvalue weighted by molar-refractivity contribution is 0.0814. The Morgan fingerprint density at radius 3 is 1.80 bits per heavy atom. The molecule has 0 atom stereocenters. The number of benzene rings is 2. The molecule has 0 N–H and O–H groups in total. The summed E-state index contributed by atoms with van der Waals surface area (Å²) in [7, 11) is 0. The molecule has 2 aromatic rings. The van der Waals surface area contributed by atoms with E-state index in [1.807, 2.05) is 12.1 Å². The van der Waals surface area contributed by atoms with Crippen LogP contribution < -0.4 is 0 Å². The molecule has 3 nitrogen and oxygen atoms in total. The molecule has 0 radical (unpaired) electrons. The molecule has 104 valence electrons. The van der Waals surface area contributed by atoms with Crippen LogP contribution in [0.4, 0.5) is 0 Å². The second kappa shape index (κ2) is 7.46. The summed E-state index contributed by atoms with van der Waals surface area (Å²) in [5, 5.41) is 0. The highest BCUT2D eigenvalue weighted by atomic mass is 35.5. The van der Waals surface area contributed by atoms with E-state index in [0.29, 0.717) is 11.1 Å². The molecular weight excluding hydrogens is 274 g/mol. The monoisotopic (exact) mass is 289 g/mol. The Balaban J connectivity index is 0.00000200. The van der Waals surface area contributed by atoms with E-state index in [4.69, 9.17) is 11.8 Å². The average Bonchev–Trinajstić information content (AvgIpc) is 2.48. The van der Waals surface area contributed by atoms with Crippen LogP contribution in [0.1, 0.15) is 28.1 Å². The van der Waals surface area contributed by atoms with E-state index in [1.165, 1.54) is 0 Å². The van der Waals surface area contributed by atoms with Crippen molar-refractivity contribution in [2.75, 3.05) is 6.54 Å². The van der Waals surface area contributed by atoms with Gasteiger partial charge in [-0.2, -0.15) is 0 Å². The Morgan fingerprint density at radius 2 is 1.30 bits per heavy atom. The van der Waals surface area contributed by atoms with Crippen molar-refractivity contribution in [2.45, 2.75) is 7.43 Å². The molecule has 0 spiro atoms. The van der Waals surface area contributed by atoms with Crippen molar-refractivity contribution in [1.82, 2.24) is 4.42 Å². The van der Waals surface area contributed by atoms with Crippen LogP contribution in [0, 0.1) is 0 Å². The van der Waals surface area contributed by atoms with E-state index in [2.05, 4.69) is 0 Å². The van der Waals surface area contributed by atoms with Gasteiger partial charge in [0.25, 0.3) is 5.91 Å². The fraction of sp³-hybridized carbons (Fsp3) is 0.125. The molecule has 0 unspecified atom stereocenters. The third kappa shape index (κ3) is 3.93. The standard InChI is InChI=1S/C15H12ClNO2.CH4/c16-17(15(19)13-9-5-2-6-10-13)11-14(18)12-7-3-1-4-8-12;/h1-10H,11H2;1H4. The second-order valence-corrected chi connectivity index (χ2v) is 4.39. The number of ketones is 1. The van der Waals surface area contributed by atoms with Crippen LogP contribution in [0.3, 0.4) is 0 Å². The van der Waals surface area contributed by atoms with Crippen LogP contribution in [-0.4, -0.2) is 22.7 Å². The molecule has 0 aliphatic carbocycles. The smallest absolute Gasteiger partial charge is 0.268 e. The van der Waals surface area contributed by atoms with Gasteiger partial charge in [-0.05, 0) is 12.1 Å². The van der Waals surface area contributed by atoms with Crippen LogP contribution in [0.2, 0.25) is 0 Å². The Hall–Kier alpha value is -2.13. The van der Waals surface area contributed by atoms with E-state index in [1.54, 1.807) is 48.5 Å². The molecular formula is C16H16ClNO2. The maximum atomic E-state index is 12.0. The Labute approximate surface area is 123 Å². The minimum Gasteiger partial charge on any atom is -0.292 e.